The van der Waals surface area contributed by atoms with Crippen LogP contribution >= 0.6 is 0 Å². The van der Waals surface area contributed by atoms with Crippen LogP contribution in [0.4, 0.5) is 11.4 Å². The van der Waals surface area contributed by atoms with E-state index in [-0.39, 0.29) is 12.5 Å². The van der Waals surface area contributed by atoms with Crippen LogP contribution in [0.2, 0.25) is 0 Å². The van der Waals surface area contributed by atoms with E-state index in [9.17, 15) is 4.79 Å². The number of fused-ring (bicyclic) bond motifs is 1. The molecule has 1 aliphatic heterocycles. The van der Waals surface area contributed by atoms with Crippen molar-refractivity contribution in [2.24, 2.45) is 0 Å². The van der Waals surface area contributed by atoms with Crippen molar-refractivity contribution >= 4 is 17.3 Å². The largest absolute Gasteiger partial charge is 0.497 e. The van der Waals surface area contributed by atoms with Gasteiger partial charge in [-0.1, -0.05) is 0 Å². The Balaban J connectivity index is 1.72. The van der Waals surface area contributed by atoms with Gasteiger partial charge < -0.3 is 24.4 Å². The molecule has 0 saturated carbocycles. The zero-order valence-electron chi connectivity index (χ0n) is 15.4. The van der Waals surface area contributed by atoms with Gasteiger partial charge in [0.05, 0.1) is 33.6 Å². The average Bonchev–Trinajstić information content (AvgIpc) is 2.68. The van der Waals surface area contributed by atoms with Crippen molar-refractivity contribution in [3.05, 3.63) is 42.0 Å². The summed E-state index contributed by atoms with van der Waals surface area (Å²) >= 11 is 0. The van der Waals surface area contributed by atoms with E-state index < -0.39 is 0 Å². The minimum Gasteiger partial charge on any atom is -0.497 e. The summed E-state index contributed by atoms with van der Waals surface area (Å²) in [6.45, 7) is 1.14. The molecule has 1 aliphatic rings. The molecule has 138 valence electrons. The predicted octanol–water partition coefficient (Wildman–Crippen LogP) is 3.10. The summed E-state index contributed by atoms with van der Waals surface area (Å²) in [7, 11) is 4.83. The molecule has 1 amide bonds. The number of rotatable bonds is 6. The first-order valence-electron chi connectivity index (χ1n) is 8.58. The van der Waals surface area contributed by atoms with E-state index in [4.69, 9.17) is 14.2 Å². The van der Waals surface area contributed by atoms with Crippen LogP contribution in [0.3, 0.4) is 0 Å². The molecule has 0 fully saturated rings. The fourth-order valence-electron chi connectivity index (χ4n) is 3.21. The van der Waals surface area contributed by atoms with Crippen LogP contribution in [-0.4, -0.2) is 40.3 Å². The Labute approximate surface area is 153 Å². The molecule has 3 rings (SSSR count). The number of methoxy groups -OCH3 is 3. The van der Waals surface area contributed by atoms with E-state index in [0.29, 0.717) is 17.2 Å². The van der Waals surface area contributed by atoms with Crippen molar-refractivity contribution in [1.82, 2.24) is 0 Å². The molecule has 1 heterocycles. The SMILES string of the molecule is COc1ccc2c(c1)CCCN2CC(=O)Nc1ccc(OC)cc1OC. The van der Waals surface area contributed by atoms with Gasteiger partial charge in [0.1, 0.15) is 17.2 Å². The first-order chi connectivity index (χ1) is 12.6. The first kappa shape index (κ1) is 17.9. The van der Waals surface area contributed by atoms with Gasteiger partial charge in [-0.2, -0.15) is 0 Å². The molecule has 0 bridgehead atoms. The number of anilines is 2. The minimum absolute atomic E-state index is 0.0860. The van der Waals surface area contributed by atoms with Crippen LogP contribution in [0.1, 0.15) is 12.0 Å². The lowest BCUT2D eigenvalue weighted by Gasteiger charge is -2.31. The van der Waals surface area contributed by atoms with E-state index in [1.807, 2.05) is 18.2 Å². The lowest BCUT2D eigenvalue weighted by molar-refractivity contribution is -0.115. The van der Waals surface area contributed by atoms with Gasteiger partial charge in [-0.15, -0.1) is 0 Å². The van der Waals surface area contributed by atoms with E-state index >= 15 is 0 Å². The van der Waals surface area contributed by atoms with Crippen molar-refractivity contribution in [3.63, 3.8) is 0 Å². The van der Waals surface area contributed by atoms with E-state index in [0.717, 1.165) is 30.8 Å². The van der Waals surface area contributed by atoms with Crippen molar-refractivity contribution < 1.29 is 19.0 Å². The second-order valence-corrected chi connectivity index (χ2v) is 6.13. The number of nitrogens with one attached hydrogen (secondary N) is 1. The molecule has 6 nitrogen and oxygen atoms in total. The number of hydrogen-bond donors (Lipinski definition) is 1. The number of aryl methyl sites for hydroxylation is 1. The van der Waals surface area contributed by atoms with Crippen LogP contribution in [0.15, 0.2) is 36.4 Å². The van der Waals surface area contributed by atoms with Crippen molar-refractivity contribution in [3.8, 4) is 17.2 Å². The van der Waals surface area contributed by atoms with Crippen molar-refractivity contribution in [2.75, 3.05) is 44.6 Å². The fraction of sp³-hybridized carbons (Fsp3) is 0.350. The molecule has 0 aliphatic carbocycles. The Morgan fingerprint density at radius 2 is 1.77 bits per heavy atom. The second kappa shape index (κ2) is 7.99. The normalized spacial score (nSPS) is 13.0. The van der Waals surface area contributed by atoms with Gasteiger partial charge in [0.25, 0.3) is 0 Å². The zero-order valence-corrected chi connectivity index (χ0v) is 15.4. The van der Waals surface area contributed by atoms with Crippen LogP contribution in [0.5, 0.6) is 17.2 Å². The number of amides is 1. The summed E-state index contributed by atoms with van der Waals surface area (Å²) in [5, 5.41) is 2.93. The van der Waals surface area contributed by atoms with Gasteiger partial charge in [0.2, 0.25) is 5.91 Å². The molecular formula is C20H24N2O4. The molecule has 0 unspecified atom stereocenters. The fourth-order valence-corrected chi connectivity index (χ4v) is 3.21. The maximum absolute atomic E-state index is 12.6. The number of ether oxygens (including phenoxy) is 3. The third-order valence-corrected chi connectivity index (χ3v) is 4.52. The summed E-state index contributed by atoms with van der Waals surface area (Å²) < 4.78 is 15.8. The molecule has 0 aromatic heterocycles. The van der Waals surface area contributed by atoms with Crippen LogP contribution in [0.25, 0.3) is 0 Å². The Bertz CT molecular complexity index is 791. The number of carbonyl (C=O) groups excluding carboxylic acids is 1. The van der Waals surface area contributed by atoms with Crippen molar-refractivity contribution in [1.29, 1.82) is 0 Å². The molecule has 0 spiro atoms. The highest BCUT2D eigenvalue weighted by atomic mass is 16.5. The smallest absolute Gasteiger partial charge is 0.243 e. The molecule has 6 heteroatoms. The highest BCUT2D eigenvalue weighted by Crippen LogP contribution is 2.31. The lowest BCUT2D eigenvalue weighted by Crippen LogP contribution is -2.36. The number of carbonyl (C=O) groups is 1. The van der Waals surface area contributed by atoms with Crippen LogP contribution < -0.4 is 24.4 Å². The van der Waals surface area contributed by atoms with Gasteiger partial charge >= 0.3 is 0 Å². The average molecular weight is 356 g/mol. The van der Waals surface area contributed by atoms with E-state index in [1.54, 1.807) is 39.5 Å². The van der Waals surface area contributed by atoms with Gasteiger partial charge in [-0.3, -0.25) is 4.79 Å². The third kappa shape index (κ3) is 3.85. The maximum atomic E-state index is 12.6. The van der Waals surface area contributed by atoms with Gasteiger partial charge in [-0.25, -0.2) is 0 Å². The molecule has 0 radical (unpaired) electrons. The molecule has 0 saturated heterocycles. The number of hydrogen-bond acceptors (Lipinski definition) is 5. The maximum Gasteiger partial charge on any atom is 0.243 e. The number of benzene rings is 2. The topological polar surface area (TPSA) is 60.0 Å². The van der Waals surface area contributed by atoms with Crippen LogP contribution in [0, 0.1) is 0 Å². The summed E-state index contributed by atoms with van der Waals surface area (Å²) in [6, 6.07) is 11.3. The lowest BCUT2D eigenvalue weighted by atomic mass is 10.0. The molecule has 2 aromatic rings. The molecule has 0 atom stereocenters. The second-order valence-electron chi connectivity index (χ2n) is 6.13. The first-order valence-corrected chi connectivity index (χ1v) is 8.58. The summed E-state index contributed by atoms with van der Waals surface area (Å²) in [4.78, 5) is 14.7. The van der Waals surface area contributed by atoms with Gasteiger partial charge in [0.15, 0.2) is 0 Å². The molecule has 26 heavy (non-hydrogen) atoms. The molecular weight excluding hydrogens is 332 g/mol. The van der Waals surface area contributed by atoms with Gasteiger partial charge in [-0.05, 0) is 48.7 Å². The Morgan fingerprint density at radius 3 is 2.50 bits per heavy atom. The summed E-state index contributed by atoms with van der Waals surface area (Å²) in [5.41, 5.74) is 2.93. The monoisotopic (exact) mass is 356 g/mol. The zero-order chi connectivity index (χ0) is 18.5. The van der Waals surface area contributed by atoms with Crippen molar-refractivity contribution in [2.45, 2.75) is 12.8 Å². The third-order valence-electron chi connectivity index (χ3n) is 4.52. The molecule has 2 aromatic carbocycles. The standard InChI is InChI=1S/C20H24N2O4/c1-24-15-7-9-18-14(11-15)5-4-10-22(18)13-20(23)21-17-8-6-16(25-2)12-19(17)26-3/h6-9,11-12H,4-5,10,13H2,1-3H3,(H,21,23). The minimum atomic E-state index is -0.0860. The number of nitrogens with zero attached hydrogens (tertiary/aromatic N) is 1. The van der Waals surface area contributed by atoms with Crippen LogP contribution in [-0.2, 0) is 11.2 Å². The summed E-state index contributed by atoms with van der Waals surface area (Å²) in [5.74, 6) is 2.01. The highest BCUT2D eigenvalue weighted by Gasteiger charge is 2.20. The highest BCUT2D eigenvalue weighted by molar-refractivity contribution is 5.95. The predicted molar refractivity (Wildman–Crippen MR) is 102 cm³/mol. The quantitative estimate of drug-likeness (QED) is 0.862. The Hall–Kier alpha value is -2.89. The molecule has 1 N–H and O–H groups in total. The van der Waals surface area contributed by atoms with E-state index in [1.165, 1.54) is 5.56 Å². The van der Waals surface area contributed by atoms with Gasteiger partial charge in [0, 0.05) is 18.3 Å². The Morgan fingerprint density at radius 1 is 1.04 bits per heavy atom. The Kier molecular flexibility index (Phi) is 5.51. The summed E-state index contributed by atoms with van der Waals surface area (Å²) in [6.07, 6.45) is 2.01. The van der Waals surface area contributed by atoms with E-state index in [2.05, 4.69) is 10.2 Å².